The number of hydrogen-bond donors (Lipinski definition) is 4. The molecule has 1 unspecified atom stereocenters. The van der Waals surface area contributed by atoms with Crippen LogP contribution in [-0.2, 0) is 15.8 Å². The number of nitrogens with one attached hydrogen (secondary N) is 3. The molecule has 1 aromatic carbocycles. The first kappa shape index (κ1) is 19.3. The molecule has 138 valence electrons. The smallest absolute Gasteiger partial charge is 0.380 e. The van der Waals surface area contributed by atoms with Crippen molar-refractivity contribution < 1.29 is 18.8 Å². The van der Waals surface area contributed by atoms with Crippen LogP contribution in [0.5, 0.6) is 5.88 Å². The van der Waals surface area contributed by atoms with Crippen molar-refractivity contribution in [3.63, 3.8) is 0 Å². The van der Waals surface area contributed by atoms with E-state index in [2.05, 4.69) is 15.4 Å². The van der Waals surface area contributed by atoms with E-state index in [1.807, 2.05) is 44.2 Å². The van der Waals surface area contributed by atoms with Crippen LogP contribution in [0.25, 0.3) is 0 Å². The Labute approximate surface area is 146 Å². The van der Waals surface area contributed by atoms with Crippen LogP contribution in [0.2, 0.25) is 0 Å². The molecular formula is C16H24N3O5P. The molecule has 1 aromatic heterocycles. The predicted octanol–water partition coefficient (Wildman–Crippen LogP) is 3.04. The second kappa shape index (κ2) is 8.89. The number of anilines is 1. The van der Waals surface area contributed by atoms with E-state index < -0.39 is 18.9 Å². The Morgan fingerprint density at radius 3 is 2.52 bits per heavy atom. The van der Waals surface area contributed by atoms with E-state index in [4.69, 9.17) is 9.36 Å². The maximum atomic E-state index is 12.4. The van der Waals surface area contributed by atoms with Gasteiger partial charge < -0.3 is 9.42 Å². The molecule has 0 amide bonds. The van der Waals surface area contributed by atoms with Crippen molar-refractivity contribution in [2.75, 3.05) is 12.1 Å². The fourth-order valence-corrected chi connectivity index (χ4v) is 3.87. The molecule has 0 saturated carbocycles. The summed E-state index contributed by atoms with van der Waals surface area (Å²) >= 11 is 0. The molecule has 9 heteroatoms. The van der Waals surface area contributed by atoms with Gasteiger partial charge >= 0.3 is 13.3 Å². The number of rotatable bonds is 10. The lowest BCUT2D eigenvalue weighted by Crippen LogP contribution is -2.12. The number of hydrogen-bond acceptors (Lipinski definition) is 5. The molecule has 2 rings (SSSR count). The van der Waals surface area contributed by atoms with Gasteiger partial charge in [-0.2, -0.15) is 0 Å². The largest absolute Gasteiger partial charge is 0.404 e. The summed E-state index contributed by atoms with van der Waals surface area (Å²) < 4.78 is 17.5. The van der Waals surface area contributed by atoms with E-state index in [9.17, 15) is 14.3 Å². The molecule has 0 saturated heterocycles. The third-order valence-electron chi connectivity index (χ3n) is 3.83. The lowest BCUT2D eigenvalue weighted by atomic mass is 10.2. The van der Waals surface area contributed by atoms with Crippen LogP contribution >= 0.6 is 7.60 Å². The SMILES string of the molecule is CCC(CC)P(=O)(O)Oc1[nH]c(=O)[nH]c1NOCCc1ccccc1. The number of aromatic amines is 2. The zero-order valence-electron chi connectivity index (χ0n) is 14.3. The van der Waals surface area contributed by atoms with Gasteiger partial charge in [0.25, 0.3) is 0 Å². The summed E-state index contributed by atoms with van der Waals surface area (Å²) in [6.07, 6.45) is 1.66. The van der Waals surface area contributed by atoms with Crippen molar-refractivity contribution in [3.05, 3.63) is 46.4 Å². The van der Waals surface area contributed by atoms with Crippen LogP contribution in [0.3, 0.4) is 0 Å². The van der Waals surface area contributed by atoms with Crippen molar-refractivity contribution in [2.45, 2.75) is 38.8 Å². The van der Waals surface area contributed by atoms with Crippen molar-refractivity contribution in [3.8, 4) is 5.88 Å². The van der Waals surface area contributed by atoms with Crippen LogP contribution in [-0.4, -0.2) is 27.1 Å². The Morgan fingerprint density at radius 1 is 1.20 bits per heavy atom. The second-order valence-corrected chi connectivity index (χ2v) is 7.64. The van der Waals surface area contributed by atoms with Gasteiger partial charge in [-0.3, -0.25) is 14.8 Å². The Hall–Kier alpha value is -2.02. The molecule has 1 atom stereocenters. The van der Waals surface area contributed by atoms with Gasteiger partial charge in [-0.1, -0.05) is 44.2 Å². The zero-order valence-corrected chi connectivity index (χ0v) is 15.2. The van der Waals surface area contributed by atoms with Crippen molar-refractivity contribution in [2.24, 2.45) is 0 Å². The highest BCUT2D eigenvalue weighted by Crippen LogP contribution is 2.50. The van der Waals surface area contributed by atoms with E-state index in [0.29, 0.717) is 25.9 Å². The normalized spacial score (nSPS) is 13.6. The molecule has 0 fully saturated rings. The highest BCUT2D eigenvalue weighted by Gasteiger charge is 2.32. The lowest BCUT2D eigenvalue weighted by molar-refractivity contribution is 0.195. The molecule has 2 aromatic rings. The van der Waals surface area contributed by atoms with Crippen LogP contribution in [0.4, 0.5) is 5.82 Å². The van der Waals surface area contributed by atoms with Crippen LogP contribution in [0.1, 0.15) is 32.3 Å². The lowest BCUT2D eigenvalue weighted by Gasteiger charge is -2.20. The van der Waals surface area contributed by atoms with Gasteiger partial charge in [-0.15, -0.1) is 0 Å². The fraction of sp³-hybridized carbons (Fsp3) is 0.438. The molecular weight excluding hydrogens is 345 g/mol. The first-order valence-electron chi connectivity index (χ1n) is 8.22. The third-order valence-corrected chi connectivity index (χ3v) is 5.93. The van der Waals surface area contributed by atoms with Crippen molar-refractivity contribution in [1.82, 2.24) is 9.97 Å². The van der Waals surface area contributed by atoms with Gasteiger partial charge in [0.1, 0.15) is 0 Å². The summed E-state index contributed by atoms with van der Waals surface area (Å²) in [6.45, 7) is 3.97. The van der Waals surface area contributed by atoms with Gasteiger partial charge in [0.05, 0.1) is 12.3 Å². The molecule has 1 heterocycles. The number of benzene rings is 1. The van der Waals surface area contributed by atoms with Crippen molar-refractivity contribution >= 4 is 13.4 Å². The fourth-order valence-electron chi connectivity index (χ4n) is 2.40. The maximum absolute atomic E-state index is 12.4. The summed E-state index contributed by atoms with van der Waals surface area (Å²) in [5.74, 6) is -0.0549. The minimum atomic E-state index is -3.91. The molecule has 4 N–H and O–H groups in total. The van der Waals surface area contributed by atoms with Crippen LogP contribution in [0, 0.1) is 0 Å². The molecule has 0 spiro atoms. The van der Waals surface area contributed by atoms with Gasteiger partial charge in [-0.05, 0) is 24.8 Å². The summed E-state index contributed by atoms with van der Waals surface area (Å²) in [4.78, 5) is 31.7. The van der Waals surface area contributed by atoms with E-state index in [1.165, 1.54) is 0 Å². The number of aromatic nitrogens is 2. The summed E-state index contributed by atoms with van der Waals surface area (Å²) in [7, 11) is -3.91. The van der Waals surface area contributed by atoms with E-state index in [1.54, 1.807) is 0 Å². The van der Waals surface area contributed by atoms with Crippen LogP contribution in [0.15, 0.2) is 35.1 Å². The molecule has 25 heavy (non-hydrogen) atoms. The van der Waals surface area contributed by atoms with Crippen molar-refractivity contribution in [1.29, 1.82) is 0 Å². The van der Waals surface area contributed by atoms with Gasteiger partial charge in [0.15, 0.2) is 5.82 Å². The average molecular weight is 369 g/mol. The molecule has 0 aliphatic heterocycles. The Balaban J connectivity index is 1.96. The number of H-pyrrole nitrogens is 2. The second-order valence-electron chi connectivity index (χ2n) is 5.60. The van der Waals surface area contributed by atoms with Crippen LogP contribution < -0.4 is 15.7 Å². The predicted molar refractivity (Wildman–Crippen MR) is 96.0 cm³/mol. The summed E-state index contributed by atoms with van der Waals surface area (Å²) in [6, 6.07) is 9.77. The summed E-state index contributed by atoms with van der Waals surface area (Å²) in [5, 5.41) is 0. The highest BCUT2D eigenvalue weighted by molar-refractivity contribution is 7.54. The topological polar surface area (TPSA) is 116 Å². The zero-order chi connectivity index (χ0) is 18.3. The van der Waals surface area contributed by atoms with Gasteiger partial charge in [0, 0.05) is 0 Å². The maximum Gasteiger partial charge on any atom is 0.380 e. The Kier molecular flexibility index (Phi) is 6.87. The standard InChI is InChI=1S/C16H24N3O5P/c1-3-13(4-2)25(21,22)24-15-14(17-16(20)18-15)19-23-11-10-12-8-6-5-7-9-12/h5-9,13,19H,3-4,10-11H2,1-2H3,(H,21,22)(H2,17,18,20). The highest BCUT2D eigenvalue weighted by atomic mass is 31.2. The Bertz CT molecular complexity index is 755. The quantitative estimate of drug-likeness (QED) is 0.291. The molecule has 0 aliphatic carbocycles. The third kappa shape index (κ3) is 5.49. The van der Waals surface area contributed by atoms with Gasteiger partial charge in [-0.25, -0.2) is 14.8 Å². The average Bonchev–Trinajstić information content (AvgIpc) is 2.92. The minimum Gasteiger partial charge on any atom is -0.404 e. The Morgan fingerprint density at radius 2 is 1.88 bits per heavy atom. The van der Waals surface area contributed by atoms with E-state index in [0.717, 1.165) is 5.56 Å². The minimum absolute atomic E-state index is 0.0818. The first-order valence-corrected chi connectivity index (χ1v) is 9.87. The molecule has 0 aliphatic rings. The molecule has 0 radical (unpaired) electrons. The first-order chi connectivity index (χ1) is 12.0. The van der Waals surface area contributed by atoms with Gasteiger partial charge in [0.2, 0.25) is 5.88 Å². The van der Waals surface area contributed by atoms with E-state index >= 15 is 0 Å². The van der Waals surface area contributed by atoms with E-state index in [-0.39, 0.29) is 11.7 Å². The number of imidazole rings is 1. The molecule has 8 nitrogen and oxygen atoms in total. The summed E-state index contributed by atoms with van der Waals surface area (Å²) in [5.41, 5.74) is 2.60. The molecule has 0 bridgehead atoms. The monoisotopic (exact) mass is 369 g/mol.